The quantitative estimate of drug-likeness (QED) is 0.127. The first kappa shape index (κ1) is 35.4. The molecule has 7 heteroatoms. The van der Waals surface area contributed by atoms with Gasteiger partial charge >= 0.3 is 0 Å². The van der Waals surface area contributed by atoms with Gasteiger partial charge in [0.1, 0.15) is 5.58 Å². The van der Waals surface area contributed by atoms with Crippen LogP contribution in [0.2, 0.25) is 19.6 Å². The molecule has 8 aromatic rings. The van der Waals surface area contributed by atoms with Crippen molar-refractivity contribution >= 4 is 46.0 Å². The summed E-state index contributed by atoms with van der Waals surface area (Å²) in [5.74, 6) is 0.836. The molecule has 253 valence electrons. The van der Waals surface area contributed by atoms with Gasteiger partial charge in [-0.15, -0.1) is 53.6 Å². The van der Waals surface area contributed by atoms with Gasteiger partial charge in [-0.1, -0.05) is 91.3 Å². The fourth-order valence-corrected chi connectivity index (χ4v) is 7.93. The summed E-state index contributed by atoms with van der Waals surface area (Å²) >= 11 is 0. The number of pyridine rings is 2. The number of rotatable bonds is 5. The van der Waals surface area contributed by atoms with E-state index < -0.39 is 8.07 Å². The molecule has 0 saturated carbocycles. The number of benzene rings is 5. The molecular formula is C44H35IrN3O2Si-2. The predicted octanol–water partition coefficient (Wildman–Crippen LogP) is 10.5. The summed E-state index contributed by atoms with van der Waals surface area (Å²) in [5, 5.41) is 14.8. The first-order valence-electron chi connectivity index (χ1n) is 16.5. The van der Waals surface area contributed by atoms with Crippen LogP contribution in [0.15, 0.2) is 126 Å². The summed E-state index contributed by atoms with van der Waals surface area (Å²) in [6.07, 6.45) is 3.93. The first-order chi connectivity index (χ1) is 24.2. The van der Waals surface area contributed by atoms with Gasteiger partial charge in [-0.3, -0.25) is 0 Å². The Bertz CT molecular complexity index is 2550. The van der Waals surface area contributed by atoms with Crippen LogP contribution in [0.4, 0.5) is 0 Å². The van der Waals surface area contributed by atoms with Crippen LogP contribution in [-0.4, -0.2) is 25.2 Å². The number of furan rings is 1. The summed E-state index contributed by atoms with van der Waals surface area (Å²) in [4.78, 5) is 9.23. The van der Waals surface area contributed by atoms with Gasteiger partial charge in [0.25, 0.3) is 0 Å². The number of nitrogens with zero attached hydrogens (tertiary/aromatic N) is 3. The summed E-state index contributed by atoms with van der Waals surface area (Å²) in [6.45, 7) is 9.19. The third kappa shape index (κ3) is 7.55. The minimum atomic E-state index is -1.32. The van der Waals surface area contributed by atoms with Gasteiger partial charge in [-0.25, -0.2) is 0 Å². The number of aromatic nitrogens is 2. The Morgan fingerprint density at radius 2 is 1.43 bits per heavy atom. The van der Waals surface area contributed by atoms with Crippen molar-refractivity contribution in [3.8, 4) is 45.5 Å². The third-order valence-electron chi connectivity index (χ3n) is 8.86. The van der Waals surface area contributed by atoms with Gasteiger partial charge in [0, 0.05) is 43.6 Å². The molecule has 0 spiro atoms. The van der Waals surface area contributed by atoms with E-state index in [1.807, 2.05) is 79.1 Å². The topological polar surface area (TPSA) is 71.9 Å². The van der Waals surface area contributed by atoms with Crippen molar-refractivity contribution in [3.63, 3.8) is 0 Å². The molecule has 5 aromatic carbocycles. The number of methoxy groups -OCH3 is 1. The van der Waals surface area contributed by atoms with Crippen LogP contribution in [0.3, 0.4) is 0 Å². The number of ether oxygens (including phenoxy) is 1. The number of hydrogen-bond donors (Lipinski definition) is 0. The van der Waals surface area contributed by atoms with E-state index in [0.29, 0.717) is 5.56 Å². The molecule has 0 aliphatic heterocycles. The molecule has 8 rings (SSSR count). The van der Waals surface area contributed by atoms with Gasteiger partial charge in [-0.2, -0.15) is 5.26 Å². The number of fused-ring (bicyclic) bond motifs is 4. The summed E-state index contributed by atoms with van der Waals surface area (Å²) < 4.78 is 11.4. The molecule has 0 atom stereocenters. The fourth-order valence-electron chi connectivity index (χ4n) is 6.23. The van der Waals surface area contributed by atoms with E-state index in [4.69, 9.17) is 14.4 Å². The number of aryl methyl sites for hydroxylation is 1. The van der Waals surface area contributed by atoms with Crippen molar-refractivity contribution < 1.29 is 29.3 Å². The normalized spacial score (nSPS) is 11.1. The zero-order valence-corrected chi connectivity index (χ0v) is 32.4. The van der Waals surface area contributed by atoms with Crippen LogP contribution in [0.25, 0.3) is 66.4 Å². The van der Waals surface area contributed by atoms with Crippen LogP contribution in [0.5, 0.6) is 5.75 Å². The Hall–Kier alpha value is -5.38. The van der Waals surface area contributed by atoms with Gasteiger partial charge in [0.15, 0.2) is 0 Å². The Morgan fingerprint density at radius 3 is 2.16 bits per heavy atom. The standard InChI is InChI=1S/C28H15N2O.C16H20NOSi.Ir/c29-16-18-5-7-19(8-6-18)21-9-11-24-25-13-22(10-12-27(25)31-28(24)15-21)26-14-20-3-1-2-4-23(20)17-30-26;1-12-9-15(17-11-16(12)19(3,4)5)13-7-6-8-14(10-13)18-2;/h1-9,11-15,17H;6,8-11H,1-5H3;/q2*-1;. The van der Waals surface area contributed by atoms with E-state index in [-0.39, 0.29) is 20.1 Å². The van der Waals surface area contributed by atoms with Gasteiger partial charge in [0.2, 0.25) is 0 Å². The van der Waals surface area contributed by atoms with Gasteiger partial charge < -0.3 is 19.1 Å². The van der Waals surface area contributed by atoms with E-state index >= 15 is 0 Å². The van der Waals surface area contributed by atoms with E-state index in [9.17, 15) is 0 Å². The molecule has 3 heterocycles. The van der Waals surface area contributed by atoms with E-state index in [1.54, 1.807) is 7.11 Å². The molecule has 0 saturated heterocycles. The maximum atomic E-state index is 9.01. The van der Waals surface area contributed by atoms with E-state index in [0.717, 1.165) is 72.1 Å². The minimum absolute atomic E-state index is 0. The number of nitriles is 1. The molecule has 1 radical (unpaired) electrons. The largest absolute Gasteiger partial charge is 0.516 e. The van der Waals surface area contributed by atoms with E-state index in [2.05, 4.69) is 97.2 Å². The average Bonchev–Trinajstić information content (AvgIpc) is 3.51. The van der Waals surface area contributed by atoms with Crippen LogP contribution in [0.1, 0.15) is 11.1 Å². The fraction of sp³-hybridized carbons (Fsp3) is 0.114. The third-order valence-corrected chi connectivity index (χ3v) is 11.0. The maximum absolute atomic E-state index is 9.01. The molecule has 0 bridgehead atoms. The van der Waals surface area contributed by atoms with Gasteiger partial charge in [-0.05, 0) is 63.6 Å². The van der Waals surface area contributed by atoms with Gasteiger partial charge in [0.05, 0.1) is 32.4 Å². The van der Waals surface area contributed by atoms with Crippen LogP contribution < -0.4 is 9.92 Å². The average molecular weight is 858 g/mol. The molecular weight excluding hydrogens is 823 g/mol. The molecule has 0 amide bonds. The second kappa shape index (κ2) is 14.8. The van der Waals surface area contributed by atoms with Crippen LogP contribution in [-0.2, 0) is 20.1 Å². The minimum Gasteiger partial charge on any atom is -0.516 e. The Kier molecular flexibility index (Phi) is 10.3. The van der Waals surface area contributed by atoms with Crippen molar-refractivity contribution in [3.05, 3.63) is 145 Å². The predicted molar refractivity (Wildman–Crippen MR) is 206 cm³/mol. The molecule has 0 N–H and O–H groups in total. The van der Waals surface area contributed by atoms with Crippen molar-refractivity contribution in [1.82, 2.24) is 9.97 Å². The van der Waals surface area contributed by atoms with Crippen LogP contribution >= 0.6 is 0 Å². The smallest absolute Gasteiger partial charge is 0.121 e. The molecule has 3 aromatic heterocycles. The second-order valence-electron chi connectivity index (χ2n) is 13.3. The summed E-state index contributed by atoms with van der Waals surface area (Å²) in [6, 6.07) is 44.7. The molecule has 0 aliphatic carbocycles. The molecule has 5 nitrogen and oxygen atoms in total. The summed E-state index contributed by atoms with van der Waals surface area (Å²) in [5.41, 5.74) is 9.47. The van der Waals surface area contributed by atoms with Crippen molar-refractivity contribution in [1.29, 1.82) is 5.26 Å². The Morgan fingerprint density at radius 1 is 0.725 bits per heavy atom. The molecule has 51 heavy (non-hydrogen) atoms. The zero-order chi connectivity index (χ0) is 34.8. The monoisotopic (exact) mass is 858 g/mol. The molecule has 0 unspecified atom stereocenters. The Balaban J connectivity index is 0.000000194. The molecule has 0 fully saturated rings. The zero-order valence-electron chi connectivity index (χ0n) is 29.0. The first-order valence-corrected chi connectivity index (χ1v) is 20.0. The van der Waals surface area contributed by atoms with Crippen molar-refractivity contribution in [2.24, 2.45) is 0 Å². The maximum Gasteiger partial charge on any atom is 0.121 e. The van der Waals surface area contributed by atoms with Crippen molar-refractivity contribution in [2.45, 2.75) is 26.6 Å². The summed E-state index contributed by atoms with van der Waals surface area (Å²) in [7, 11) is 0.356. The second-order valence-corrected chi connectivity index (χ2v) is 18.4. The van der Waals surface area contributed by atoms with Crippen LogP contribution in [0, 0.1) is 30.4 Å². The SMILES string of the molecule is COc1cc[c-]c(-c2cc(C)c([Si](C)(C)C)cn2)c1.N#Cc1ccc(-c2ccc3c(c2)oc2c[c-]c(-c4cc5ccccc5cn4)cc23)cc1.[Ir]. The number of hydrogen-bond acceptors (Lipinski definition) is 5. The van der Waals surface area contributed by atoms with E-state index in [1.165, 1.54) is 10.8 Å². The Labute approximate surface area is 312 Å². The van der Waals surface area contributed by atoms with Crippen molar-refractivity contribution in [2.75, 3.05) is 7.11 Å². The molecule has 0 aliphatic rings.